The summed E-state index contributed by atoms with van der Waals surface area (Å²) in [5.41, 5.74) is 2.33. The molecule has 0 saturated heterocycles. The second-order valence-corrected chi connectivity index (χ2v) is 8.92. The topological polar surface area (TPSA) is 111 Å². The highest BCUT2D eigenvalue weighted by atomic mass is 16.5. The minimum atomic E-state index is -0.515. The van der Waals surface area contributed by atoms with Crippen molar-refractivity contribution in [3.63, 3.8) is 0 Å². The van der Waals surface area contributed by atoms with Crippen LogP contribution in [-0.4, -0.2) is 57.2 Å². The minimum Gasteiger partial charge on any atom is -0.449 e. The van der Waals surface area contributed by atoms with Crippen molar-refractivity contribution in [2.24, 2.45) is 5.92 Å². The van der Waals surface area contributed by atoms with Crippen molar-refractivity contribution in [1.29, 1.82) is 0 Å². The first-order valence-electron chi connectivity index (χ1n) is 11.6. The van der Waals surface area contributed by atoms with Gasteiger partial charge >= 0.3 is 6.09 Å². The average molecular weight is 481 g/mol. The number of rotatable bonds is 10. The lowest BCUT2D eigenvalue weighted by Gasteiger charge is -2.10. The van der Waals surface area contributed by atoms with Gasteiger partial charge in [0.15, 0.2) is 0 Å². The third-order valence-electron chi connectivity index (χ3n) is 5.13. The highest BCUT2D eigenvalue weighted by molar-refractivity contribution is 5.84. The van der Waals surface area contributed by atoms with Gasteiger partial charge in [0, 0.05) is 51.4 Å². The zero-order valence-electron chi connectivity index (χ0n) is 20.6. The van der Waals surface area contributed by atoms with Gasteiger partial charge in [-0.15, -0.1) is 0 Å². The highest BCUT2D eigenvalue weighted by Crippen LogP contribution is 2.14. The van der Waals surface area contributed by atoms with E-state index in [-0.39, 0.29) is 17.3 Å². The number of hydrogen-bond donors (Lipinski definition) is 1. The summed E-state index contributed by atoms with van der Waals surface area (Å²) in [7, 11) is 3.48. The van der Waals surface area contributed by atoms with Crippen molar-refractivity contribution in [3.05, 3.63) is 70.4 Å². The van der Waals surface area contributed by atoms with Gasteiger partial charge in [-0.05, 0) is 30.0 Å². The smallest absolute Gasteiger partial charge is 0.411 e. The molecule has 0 aliphatic carbocycles. The Balaban J connectivity index is 1.66. The third kappa shape index (κ3) is 7.80. The molecule has 0 unspecified atom stereocenters. The first kappa shape index (κ1) is 25.7. The first-order chi connectivity index (χ1) is 16.7. The summed E-state index contributed by atoms with van der Waals surface area (Å²) in [6.45, 7) is 4.87. The zero-order chi connectivity index (χ0) is 25.4. The summed E-state index contributed by atoms with van der Waals surface area (Å²) in [4.78, 5) is 37.7. The van der Waals surface area contributed by atoms with Gasteiger partial charge in [-0.25, -0.2) is 9.48 Å². The standard InChI is InChI=1S/C25H32N6O4/c1-18(2)17-35-25(34)27-20-8-5-7-19(13-20)14-22-23(32)10-12-31(28-22)21-15-26-30(16-21)11-6-9-24(33)29(3)4/h5,7-8,10,12-13,15-16,18H,6,9,11,14,17H2,1-4H3,(H,27,34). The molecule has 0 atom stereocenters. The molecule has 2 heterocycles. The molecule has 2 amide bonds. The summed E-state index contributed by atoms with van der Waals surface area (Å²) in [6, 6.07) is 8.70. The van der Waals surface area contributed by atoms with Crippen LogP contribution in [0, 0.1) is 5.92 Å². The van der Waals surface area contributed by atoms with Crippen molar-refractivity contribution in [3.8, 4) is 5.69 Å². The summed E-state index contributed by atoms with van der Waals surface area (Å²) >= 11 is 0. The van der Waals surface area contributed by atoms with Crippen LogP contribution in [-0.2, 0) is 22.5 Å². The maximum atomic E-state index is 12.5. The third-order valence-corrected chi connectivity index (χ3v) is 5.13. The Morgan fingerprint density at radius 2 is 2.00 bits per heavy atom. The van der Waals surface area contributed by atoms with Crippen LogP contribution < -0.4 is 10.7 Å². The molecule has 35 heavy (non-hydrogen) atoms. The number of aryl methyl sites for hydroxylation is 1. The maximum absolute atomic E-state index is 12.5. The van der Waals surface area contributed by atoms with E-state index in [0.717, 1.165) is 5.56 Å². The van der Waals surface area contributed by atoms with Gasteiger partial charge in [-0.3, -0.25) is 19.6 Å². The van der Waals surface area contributed by atoms with E-state index >= 15 is 0 Å². The lowest BCUT2D eigenvalue weighted by Crippen LogP contribution is -2.21. The van der Waals surface area contributed by atoms with Crippen LogP contribution in [0.1, 0.15) is 37.9 Å². The van der Waals surface area contributed by atoms with E-state index in [1.165, 1.54) is 6.07 Å². The van der Waals surface area contributed by atoms with Crippen LogP contribution in [0.4, 0.5) is 10.5 Å². The number of anilines is 1. The second-order valence-electron chi connectivity index (χ2n) is 8.92. The monoisotopic (exact) mass is 480 g/mol. The molecule has 1 N–H and O–H groups in total. The largest absolute Gasteiger partial charge is 0.449 e. The molecule has 2 aromatic heterocycles. The Morgan fingerprint density at radius 3 is 2.74 bits per heavy atom. The number of carbonyl (C=O) groups is 2. The van der Waals surface area contributed by atoms with Gasteiger partial charge in [0.25, 0.3) is 0 Å². The molecule has 0 aliphatic heterocycles. The van der Waals surface area contributed by atoms with Crippen LogP contribution in [0.3, 0.4) is 0 Å². The molecule has 0 fully saturated rings. The van der Waals surface area contributed by atoms with Gasteiger partial charge in [0.2, 0.25) is 11.3 Å². The predicted octanol–water partition coefficient (Wildman–Crippen LogP) is 3.09. The van der Waals surface area contributed by atoms with Crippen LogP contribution >= 0.6 is 0 Å². The number of benzene rings is 1. The Morgan fingerprint density at radius 1 is 1.20 bits per heavy atom. The molecule has 0 bridgehead atoms. The maximum Gasteiger partial charge on any atom is 0.411 e. The molecular weight excluding hydrogens is 448 g/mol. The number of nitrogens with zero attached hydrogens (tertiary/aromatic N) is 5. The second kappa shape index (κ2) is 12.0. The highest BCUT2D eigenvalue weighted by Gasteiger charge is 2.10. The molecule has 0 radical (unpaired) electrons. The van der Waals surface area contributed by atoms with Crippen molar-refractivity contribution in [1.82, 2.24) is 24.5 Å². The summed E-state index contributed by atoms with van der Waals surface area (Å²) < 4.78 is 8.52. The van der Waals surface area contributed by atoms with E-state index < -0.39 is 6.09 Å². The first-order valence-corrected chi connectivity index (χ1v) is 11.6. The number of hydrogen-bond acceptors (Lipinski definition) is 6. The molecule has 10 heteroatoms. The number of ether oxygens (including phenoxy) is 1. The molecule has 0 aliphatic rings. The Bertz CT molecular complexity index is 1210. The number of amides is 2. The number of aromatic nitrogens is 4. The molecule has 3 rings (SSSR count). The van der Waals surface area contributed by atoms with Crippen molar-refractivity contribution < 1.29 is 14.3 Å². The van der Waals surface area contributed by atoms with Crippen LogP contribution in [0.2, 0.25) is 0 Å². The van der Waals surface area contributed by atoms with Crippen molar-refractivity contribution >= 4 is 17.7 Å². The van der Waals surface area contributed by atoms with Crippen molar-refractivity contribution in [2.45, 2.75) is 39.7 Å². The number of nitrogens with one attached hydrogen (secondary N) is 1. The van der Waals surface area contributed by atoms with Gasteiger partial charge in [0.1, 0.15) is 11.4 Å². The fourth-order valence-electron chi connectivity index (χ4n) is 3.27. The zero-order valence-corrected chi connectivity index (χ0v) is 20.6. The SMILES string of the molecule is CC(C)COC(=O)Nc1cccc(Cc2nn(-c3cnn(CCCC(=O)N(C)C)c3)ccc2=O)c1. The fourth-order valence-corrected chi connectivity index (χ4v) is 3.27. The average Bonchev–Trinajstić information content (AvgIpc) is 3.28. The van der Waals surface area contributed by atoms with E-state index in [2.05, 4.69) is 15.5 Å². The molecule has 10 nitrogen and oxygen atoms in total. The van der Waals surface area contributed by atoms with Crippen LogP contribution in [0.5, 0.6) is 0 Å². The van der Waals surface area contributed by atoms with Gasteiger partial charge < -0.3 is 9.64 Å². The summed E-state index contributed by atoms with van der Waals surface area (Å²) in [5.74, 6) is 0.327. The minimum absolute atomic E-state index is 0.0795. The Labute approximate surface area is 204 Å². The quantitative estimate of drug-likeness (QED) is 0.477. The Hall–Kier alpha value is -3.95. The number of carbonyl (C=O) groups excluding carboxylic acids is 2. The van der Waals surface area contributed by atoms with Gasteiger partial charge in [-0.2, -0.15) is 10.2 Å². The van der Waals surface area contributed by atoms with Gasteiger partial charge in [-0.1, -0.05) is 26.0 Å². The lowest BCUT2D eigenvalue weighted by molar-refractivity contribution is -0.128. The normalized spacial score (nSPS) is 10.9. The molecule has 0 spiro atoms. The Kier molecular flexibility index (Phi) is 8.77. The summed E-state index contributed by atoms with van der Waals surface area (Å²) in [5, 5.41) is 11.5. The molecular formula is C25H32N6O4. The molecule has 0 saturated carbocycles. The summed E-state index contributed by atoms with van der Waals surface area (Å²) in [6.07, 6.45) is 6.01. The van der Waals surface area contributed by atoms with E-state index in [0.29, 0.717) is 49.5 Å². The van der Waals surface area contributed by atoms with Crippen LogP contribution in [0.25, 0.3) is 5.69 Å². The van der Waals surface area contributed by atoms with Crippen LogP contribution in [0.15, 0.2) is 53.7 Å². The molecule has 186 valence electrons. The lowest BCUT2D eigenvalue weighted by atomic mass is 10.1. The molecule has 3 aromatic rings. The van der Waals surface area contributed by atoms with E-state index in [1.807, 2.05) is 26.1 Å². The van der Waals surface area contributed by atoms with E-state index in [4.69, 9.17) is 4.74 Å². The van der Waals surface area contributed by atoms with E-state index in [9.17, 15) is 14.4 Å². The fraction of sp³-hybridized carbons (Fsp3) is 0.400. The van der Waals surface area contributed by atoms with Crippen molar-refractivity contribution in [2.75, 3.05) is 26.0 Å². The van der Waals surface area contributed by atoms with E-state index in [1.54, 1.807) is 59.0 Å². The molecule has 1 aromatic carbocycles. The predicted molar refractivity (Wildman–Crippen MR) is 133 cm³/mol. The van der Waals surface area contributed by atoms with Gasteiger partial charge in [0.05, 0.1) is 19.0 Å².